The van der Waals surface area contributed by atoms with Gasteiger partial charge in [0.2, 0.25) is 5.91 Å². The number of amides is 2. The molecule has 24 heavy (non-hydrogen) atoms. The molecular weight excluding hydrogens is 314 g/mol. The maximum atomic E-state index is 13.6. The highest BCUT2D eigenvalue weighted by atomic mass is 19.1. The first-order valence-electron chi connectivity index (χ1n) is 7.66. The molecule has 1 saturated heterocycles. The van der Waals surface area contributed by atoms with Crippen molar-refractivity contribution in [2.45, 2.75) is 19.4 Å². The third-order valence-corrected chi connectivity index (χ3v) is 3.96. The SMILES string of the molecule is O=C(Nc1c(F)cccc1F)c1ccc(CN2CCCC2=O)cc1. The van der Waals surface area contributed by atoms with Gasteiger partial charge in [0.15, 0.2) is 0 Å². The van der Waals surface area contributed by atoms with Gasteiger partial charge in [-0.2, -0.15) is 0 Å². The van der Waals surface area contributed by atoms with E-state index in [0.717, 1.165) is 30.7 Å². The minimum Gasteiger partial charge on any atom is -0.338 e. The van der Waals surface area contributed by atoms with E-state index in [4.69, 9.17) is 0 Å². The molecule has 3 rings (SSSR count). The second-order valence-electron chi connectivity index (χ2n) is 5.67. The van der Waals surface area contributed by atoms with Gasteiger partial charge in [0.05, 0.1) is 0 Å². The molecule has 6 heteroatoms. The Labute approximate surface area is 138 Å². The van der Waals surface area contributed by atoms with E-state index in [9.17, 15) is 18.4 Å². The molecule has 0 bridgehead atoms. The number of nitrogens with zero attached hydrogens (tertiary/aromatic N) is 1. The van der Waals surface area contributed by atoms with E-state index in [1.807, 2.05) is 0 Å². The van der Waals surface area contributed by atoms with Crippen molar-refractivity contribution in [3.63, 3.8) is 0 Å². The summed E-state index contributed by atoms with van der Waals surface area (Å²) >= 11 is 0. The van der Waals surface area contributed by atoms with Crippen LogP contribution in [0, 0.1) is 11.6 Å². The highest BCUT2D eigenvalue weighted by Gasteiger charge is 2.20. The average molecular weight is 330 g/mol. The maximum absolute atomic E-state index is 13.6. The molecule has 0 unspecified atom stereocenters. The highest BCUT2D eigenvalue weighted by molar-refractivity contribution is 6.04. The van der Waals surface area contributed by atoms with Gasteiger partial charge in [-0.05, 0) is 36.2 Å². The first-order valence-corrected chi connectivity index (χ1v) is 7.66. The Balaban J connectivity index is 1.69. The van der Waals surface area contributed by atoms with Crippen LogP contribution in [0.3, 0.4) is 0 Å². The summed E-state index contributed by atoms with van der Waals surface area (Å²) in [5.74, 6) is -2.12. The number of nitrogens with one attached hydrogen (secondary N) is 1. The summed E-state index contributed by atoms with van der Waals surface area (Å²) in [5.41, 5.74) is 0.724. The highest BCUT2D eigenvalue weighted by Crippen LogP contribution is 2.19. The second kappa shape index (κ2) is 6.78. The molecule has 0 atom stereocenters. The zero-order chi connectivity index (χ0) is 17.1. The molecule has 0 aromatic heterocycles. The molecule has 0 saturated carbocycles. The van der Waals surface area contributed by atoms with E-state index in [0.29, 0.717) is 13.0 Å². The van der Waals surface area contributed by atoms with Crippen LogP contribution in [0.1, 0.15) is 28.8 Å². The number of likely N-dealkylation sites (tertiary alicyclic amines) is 1. The van der Waals surface area contributed by atoms with Crippen molar-refractivity contribution >= 4 is 17.5 Å². The van der Waals surface area contributed by atoms with Gasteiger partial charge in [-0.25, -0.2) is 8.78 Å². The normalized spacial score (nSPS) is 14.1. The first-order chi connectivity index (χ1) is 11.5. The van der Waals surface area contributed by atoms with Crippen LogP contribution in [-0.2, 0) is 11.3 Å². The molecule has 1 fully saturated rings. The summed E-state index contributed by atoms with van der Waals surface area (Å²) in [6.45, 7) is 1.25. The van der Waals surface area contributed by atoms with Crippen molar-refractivity contribution in [3.8, 4) is 0 Å². The predicted octanol–water partition coefficient (Wildman–Crippen LogP) is 3.34. The molecule has 4 nitrogen and oxygen atoms in total. The number of halogens is 2. The lowest BCUT2D eigenvalue weighted by Gasteiger charge is -2.15. The van der Waals surface area contributed by atoms with Crippen molar-refractivity contribution in [2.75, 3.05) is 11.9 Å². The largest absolute Gasteiger partial charge is 0.338 e. The molecule has 2 amide bonds. The predicted molar refractivity (Wildman–Crippen MR) is 85.4 cm³/mol. The average Bonchev–Trinajstić information content (AvgIpc) is 2.97. The van der Waals surface area contributed by atoms with Gasteiger partial charge in [0.1, 0.15) is 17.3 Å². The Kier molecular flexibility index (Phi) is 4.55. The Morgan fingerprint density at radius 1 is 1.08 bits per heavy atom. The molecule has 2 aromatic carbocycles. The Morgan fingerprint density at radius 3 is 2.33 bits per heavy atom. The molecule has 1 aliphatic heterocycles. The summed E-state index contributed by atoms with van der Waals surface area (Å²) in [6.07, 6.45) is 1.45. The van der Waals surface area contributed by atoms with Crippen LogP contribution < -0.4 is 5.32 Å². The Bertz CT molecular complexity index is 755. The van der Waals surface area contributed by atoms with Gasteiger partial charge in [0.25, 0.3) is 5.91 Å². The molecule has 124 valence electrons. The fourth-order valence-electron chi connectivity index (χ4n) is 2.66. The van der Waals surface area contributed by atoms with Crippen LogP contribution in [0.4, 0.5) is 14.5 Å². The zero-order valence-electron chi connectivity index (χ0n) is 12.9. The number of anilines is 1. The summed E-state index contributed by atoms with van der Waals surface area (Å²) in [5, 5.41) is 2.24. The number of hydrogen-bond donors (Lipinski definition) is 1. The topological polar surface area (TPSA) is 49.4 Å². The molecular formula is C18H16F2N2O2. The number of carbonyl (C=O) groups excluding carboxylic acids is 2. The summed E-state index contributed by atoms with van der Waals surface area (Å²) in [7, 11) is 0. The molecule has 0 aliphatic carbocycles. The smallest absolute Gasteiger partial charge is 0.255 e. The van der Waals surface area contributed by atoms with Crippen molar-refractivity contribution < 1.29 is 18.4 Å². The van der Waals surface area contributed by atoms with E-state index < -0.39 is 23.2 Å². The van der Waals surface area contributed by atoms with Crippen LogP contribution in [0.5, 0.6) is 0 Å². The molecule has 0 spiro atoms. The molecule has 1 heterocycles. The van der Waals surface area contributed by atoms with Crippen molar-refractivity contribution in [3.05, 3.63) is 65.2 Å². The van der Waals surface area contributed by atoms with Crippen molar-refractivity contribution in [2.24, 2.45) is 0 Å². The molecule has 1 N–H and O–H groups in total. The van der Waals surface area contributed by atoms with E-state index in [2.05, 4.69) is 5.32 Å². The third-order valence-electron chi connectivity index (χ3n) is 3.96. The second-order valence-corrected chi connectivity index (χ2v) is 5.67. The van der Waals surface area contributed by atoms with Crippen molar-refractivity contribution in [1.82, 2.24) is 4.90 Å². The summed E-state index contributed by atoms with van der Waals surface area (Å²) < 4.78 is 27.1. The summed E-state index contributed by atoms with van der Waals surface area (Å²) in [4.78, 5) is 25.5. The van der Waals surface area contributed by atoms with Crippen LogP contribution in [0.15, 0.2) is 42.5 Å². The Hall–Kier alpha value is -2.76. The number of para-hydroxylation sites is 1. The van der Waals surface area contributed by atoms with Crippen LogP contribution in [0.2, 0.25) is 0 Å². The number of benzene rings is 2. The molecule has 0 radical (unpaired) electrons. The minimum atomic E-state index is -0.826. The third kappa shape index (κ3) is 3.42. The fourth-order valence-corrected chi connectivity index (χ4v) is 2.66. The van der Waals surface area contributed by atoms with Crippen LogP contribution in [0.25, 0.3) is 0 Å². The molecule has 1 aliphatic rings. The van der Waals surface area contributed by atoms with Gasteiger partial charge in [-0.15, -0.1) is 0 Å². The number of hydrogen-bond acceptors (Lipinski definition) is 2. The maximum Gasteiger partial charge on any atom is 0.255 e. The monoisotopic (exact) mass is 330 g/mol. The number of rotatable bonds is 4. The lowest BCUT2D eigenvalue weighted by Crippen LogP contribution is -2.23. The lowest BCUT2D eigenvalue weighted by atomic mass is 10.1. The Morgan fingerprint density at radius 2 is 1.75 bits per heavy atom. The van der Waals surface area contributed by atoms with E-state index in [1.54, 1.807) is 29.2 Å². The van der Waals surface area contributed by atoms with Crippen molar-refractivity contribution in [1.29, 1.82) is 0 Å². The minimum absolute atomic E-state index is 0.131. The van der Waals surface area contributed by atoms with Gasteiger partial charge >= 0.3 is 0 Å². The standard InChI is InChI=1S/C18H16F2N2O2/c19-14-3-1-4-15(20)17(14)21-18(24)13-8-6-12(7-9-13)11-22-10-2-5-16(22)23/h1,3-4,6-9H,2,5,10-11H2,(H,21,24). The zero-order valence-corrected chi connectivity index (χ0v) is 12.9. The van der Waals surface area contributed by atoms with E-state index >= 15 is 0 Å². The fraction of sp³-hybridized carbons (Fsp3) is 0.222. The van der Waals surface area contributed by atoms with Crippen LogP contribution >= 0.6 is 0 Å². The van der Waals surface area contributed by atoms with E-state index in [-0.39, 0.29) is 11.5 Å². The van der Waals surface area contributed by atoms with E-state index in [1.165, 1.54) is 6.07 Å². The summed E-state index contributed by atoms with van der Waals surface area (Å²) in [6, 6.07) is 10.0. The van der Waals surface area contributed by atoms with Gasteiger partial charge in [-0.3, -0.25) is 9.59 Å². The van der Waals surface area contributed by atoms with Gasteiger partial charge in [0, 0.05) is 25.1 Å². The quantitative estimate of drug-likeness (QED) is 0.935. The lowest BCUT2D eigenvalue weighted by molar-refractivity contribution is -0.128. The molecule has 2 aromatic rings. The van der Waals surface area contributed by atoms with Gasteiger partial charge < -0.3 is 10.2 Å². The van der Waals surface area contributed by atoms with Crippen LogP contribution in [-0.4, -0.2) is 23.3 Å². The van der Waals surface area contributed by atoms with Gasteiger partial charge in [-0.1, -0.05) is 18.2 Å². The number of carbonyl (C=O) groups is 2. The first kappa shape index (κ1) is 16.1.